The van der Waals surface area contributed by atoms with Gasteiger partial charge in [-0.25, -0.2) is 14.4 Å². The van der Waals surface area contributed by atoms with Gasteiger partial charge in [0.2, 0.25) is 5.28 Å². The van der Waals surface area contributed by atoms with Gasteiger partial charge in [-0.1, -0.05) is 30.3 Å². The van der Waals surface area contributed by atoms with Crippen LogP contribution in [0.3, 0.4) is 0 Å². The van der Waals surface area contributed by atoms with Gasteiger partial charge in [-0.3, -0.25) is 0 Å². The highest BCUT2D eigenvalue weighted by molar-refractivity contribution is 6.28. The number of aliphatic hydroxyl groups is 1. The molecule has 0 bridgehead atoms. The first-order chi connectivity index (χ1) is 8.49. The number of halogens is 2. The lowest BCUT2D eigenvalue weighted by atomic mass is 9.93. The molecule has 0 unspecified atom stereocenters. The second kappa shape index (κ2) is 5.00. The van der Waals surface area contributed by atoms with E-state index in [1.807, 2.05) is 30.3 Å². The summed E-state index contributed by atoms with van der Waals surface area (Å²) in [6.45, 7) is 1.50. The molecular weight excluding hydrogens is 255 g/mol. The third-order valence-corrected chi connectivity index (χ3v) is 2.80. The molecule has 1 aromatic carbocycles. The monoisotopic (exact) mass is 266 g/mol. The van der Waals surface area contributed by atoms with Gasteiger partial charge in [-0.2, -0.15) is 0 Å². The van der Waals surface area contributed by atoms with E-state index in [0.29, 0.717) is 0 Å². The quantitative estimate of drug-likeness (QED) is 0.869. The molecule has 2 rings (SSSR count). The van der Waals surface area contributed by atoms with Crippen LogP contribution in [-0.4, -0.2) is 15.1 Å². The molecular formula is C13H12ClFN2O. The van der Waals surface area contributed by atoms with Crippen LogP contribution in [0.1, 0.15) is 18.2 Å². The predicted octanol–water partition coefficient (Wildman–Crippen LogP) is 2.72. The van der Waals surface area contributed by atoms with Gasteiger partial charge in [-0.15, -0.1) is 0 Å². The van der Waals surface area contributed by atoms with E-state index in [4.69, 9.17) is 11.6 Å². The van der Waals surface area contributed by atoms with Crippen molar-refractivity contribution in [3.63, 3.8) is 0 Å². The topological polar surface area (TPSA) is 46.0 Å². The van der Waals surface area contributed by atoms with Gasteiger partial charge >= 0.3 is 0 Å². The van der Waals surface area contributed by atoms with Crippen molar-refractivity contribution in [3.8, 4) is 0 Å². The van der Waals surface area contributed by atoms with Gasteiger partial charge in [0.05, 0.1) is 6.20 Å². The standard InChI is InChI=1S/C13H12ClFN2O/c1-13(18,7-9-5-3-2-4-6-9)11-10(15)8-16-12(14)17-11/h2-6,8,18H,7H2,1H3/t13-/m0/s1. The van der Waals surface area contributed by atoms with Crippen LogP contribution in [0.25, 0.3) is 0 Å². The Kier molecular flexibility index (Phi) is 3.59. The minimum atomic E-state index is -1.43. The minimum absolute atomic E-state index is 0.0836. The molecule has 0 fully saturated rings. The van der Waals surface area contributed by atoms with E-state index in [1.54, 1.807) is 0 Å². The Bertz CT molecular complexity index is 546. The molecule has 0 amide bonds. The average Bonchev–Trinajstić information content (AvgIpc) is 2.33. The van der Waals surface area contributed by atoms with Crippen LogP contribution in [0.15, 0.2) is 36.5 Å². The smallest absolute Gasteiger partial charge is 0.222 e. The van der Waals surface area contributed by atoms with Crippen molar-refractivity contribution in [1.82, 2.24) is 9.97 Å². The molecule has 0 aliphatic carbocycles. The highest BCUT2D eigenvalue weighted by atomic mass is 35.5. The summed E-state index contributed by atoms with van der Waals surface area (Å²) in [6, 6.07) is 9.30. The zero-order valence-electron chi connectivity index (χ0n) is 9.77. The number of hydrogen-bond donors (Lipinski definition) is 1. The fourth-order valence-electron chi connectivity index (χ4n) is 1.80. The average molecular weight is 267 g/mol. The van der Waals surface area contributed by atoms with E-state index >= 15 is 0 Å². The molecule has 0 saturated heterocycles. The van der Waals surface area contributed by atoms with Crippen LogP contribution in [0.5, 0.6) is 0 Å². The fraction of sp³-hybridized carbons (Fsp3) is 0.231. The Morgan fingerprint density at radius 2 is 2.00 bits per heavy atom. The highest BCUT2D eigenvalue weighted by Gasteiger charge is 2.29. The normalized spacial score (nSPS) is 14.2. The summed E-state index contributed by atoms with van der Waals surface area (Å²) in [4.78, 5) is 7.30. The number of aromatic nitrogens is 2. The van der Waals surface area contributed by atoms with Gasteiger partial charge in [-0.05, 0) is 24.1 Å². The van der Waals surface area contributed by atoms with E-state index in [1.165, 1.54) is 6.92 Å². The van der Waals surface area contributed by atoms with Crippen molar-refractivity contribution < 1.29 is 9.50 Å². The molecule has 94 valence electrons. The minimum Gasteiger partial charge on any atom is -0.383 e. The zero-order valence-corrected chi connectivity index (χ0v) is 10.5. The van der Waals surface area contributed by atoms with Crippen LogP contribution >= 0.6 is 11.6 Å². The summed E-state index contributed by atoms with van der Waals surface area (Å²) in [5.41, 5.74) is -0.638. The lowest BCUT2D eigenvalue weighted by Gasteiger charge is -2.23. The van der Waals surface area contributed by atoms with Crippen LogP contribution in [-0.2, 0) is 12.0 Å². The van der Waals surface area contributed by atoms with E-state index < -0.39 is 11.4 Å². The molecule has 0 aliphatic heterocycles. The van der Waals surface area contributed by atoms with Gasteiger partial charge < -0.3 is 5.11 Å². The van der Waals surface area contributed by atoms with Crippen LogP contribution in [0, 0.1) is 5.82 Å². The Morgan fingerprint density at radius 3 is 2.67 bits per heavy atom. The number of nitrogens with zero attached hydrogens (tertiary/aromatic N) is 2. The molecule has 2 aromatic rings. The lowest BCUT2D eigenvalue weighted by Crippen LogP contribution is -2.27. The molecule has 1 atom stereocenters. The van der Waals surface area contributed by atoms with Crippen molar-refractivity contribution in [1.29, 1.82) is 0 Å². The maximum absolute atomic E-state index is 13.6. The second-order valence-corrected chi connectivity index (χ2v) is 4.61. The van der Waals surface area contributed by atoms with Gasteiger partial charge in [0.25, 0.3) is 0 Å². The second-order valence-electron chi connectivity index (χ2n) is 4.27. The Morgan fingerprint density at radius 1 is 1.33 bits per heavy atom. The summed E-state index contributed by atoms with van der Waals surface area (Å²) < 4.78 is 13.6. The van der Waals surface area contributed by atoms with E-state index in [2.05, 4.69) is 9.97 Å². The highest BCUT2D eigenvalue weighted by Crippen LogP contribution is 2.26. The maximum atomic E-state index is 13.6. The van der Waals surface area contributed by atoms with Gasteiger partial charge in [0.15, 0.2) is 5.82 Å². The molecule has 0 spiro atoms. The largest absolute Gasteiger partial charge is 0.383 e. The van der Waals surface area contributed by atoms with Crippen LogP contribution in [0.4, 0.5) is 4.39 Å². The first kappa shape index (κ1) is 12.9. The molecule has 1 heterocycles. The van der Waals surface area contributed by atoms with Gasteiger partial charge in [0.1, 0.15) is 11.3 Å². The SMILES string of the molecule is C[C@](O)(Cc1ccccc1)c1nc(Cl)ncc1F. The molecule has 5 heteroatoms. The zero-order chi connectivity index (χ0) is 13.2. The molecule has 1 aromatic heterocycles. The first-order valence-electron chi connectivity index (χ1n) is 5.44. The number of benzene rings is 1. The molecule has 18 heavy (non-hydrogen) atoms. The predicted molar refractivity (Wildman–Crippen MR) is 66.7 cm³/mol. The maximum Gasteiger partial charge on any atom is 0.222 e. The van der Waals surface area contributed by atoms with Gasteiger partial charge in [0, 0.05) is 6.42 Å². The summed E-state index contributed by atoms with van der Waals surface area (Å²) in [5, 5.41) is 10.3. The third-order valence-electron chi connectivity index (χ3n) is 2.62. The third kappa shape index (κ3) is 2.83. The van der Waals surface area contributed by atoms with Crippen LogP contribution < -0.4 is 0 Å². The Balaban J connectivity index is 2.33. The fourth-order valence-corrected chi connectivity index (χ4v) is 1.93. The molecule has 1 N–H and O–H groups in total. The molecule has 0 radical (unpaired) electrons. The number of rotatable bonds is 3. The van der Waals surface area contributed by atoms with Crippen molar-refractivity contribution in [2.24, 2.45) is 0 Å². The van der Waals surface area contributed by atoms with E-state index in [-0.39, 0.29) is 17.4 Å². The Labute approximate surface area is 109 Å². The van der Waals surface area contributed by atoms with Crippen LogP contribution in [0.2, 0.25) is 5.28 Å². The first-order valence-corrected chi connectivity index (χ1v) is 5.82. The molecule has 0 saturated carbocycles. The summed E-state index contributed by atoms with van der Waals surface area (Å²) in [7, 11) is 0. The van der Waals surface area contributed by atoms with Crippen molar-refractivity contribution in [2.45, 2.75) is 18.9 Å². The lowest BCUT2D eigenvalue weighted by molar-refractivity contribution is 0.0486. The van der Waals surface area contributed by atoms with Crippen molar-refractivity contribution in [3.05, 3.63) is 58.9 Å². The molecule has 0 aliphatic rings. The van der Waals surface area contributed by atoms with Crippen molar-refractivity contribution >= 4 is 11.6 Å². The molecule has 3 nitrogen and oxygen atoms in total. The van der Waals surface area contributed by atoms with E-state index in [0.717, 1.165) is 11.8 Å². The summed E-state index contributed by atoms with van der Waals surface area (Å²) >= 11 is 5.63. The van der Waals surface area contributed by atoms with E-state index in [9.17, 15) is 9.50 Å². The summed E-state index contributed by atoms with van der Waals surface area (Å²) in [6.07, 6.45) is 1.21. The summed E-state index contributed by atoms with van der Waals surface area (Å²) in [5.74, 6) is -0.666. The number of hydrogen-bond acceptors (Lipinski definition) is 3. The van der Waals surface area contributed by atoms with Crippen molar-refractivity contribution in [2.75, 3.05) is 0 Å². The Hall–Kier alpha value is -1.52.